The van der Waals surface area contributed by atoms with Gasteiger partial charge in [-0.05, 0) is 31.4 Å². The van der Waals surface area contributed by atoms with E-state index in [0.717, 1.165) is 25.7 Å². The summed E-state index contributed by atoms with van der Waals surface area (Å²) in [6, 6.07) is 7.56. The summed E-state index contributed by atoms with van der Waals surface area (Å²) in [6.07, 6.45) is 11.9. The highest BCUT2D eigenvalue weighted by molar-refractivity contribution is 6.03. The number of para-hydroxylation sites is 1. The molecule has 0 radical (unpaired) electrons. The molecule has 0 heterocycles. The number of amides is 2. The zero-order chi connectivity index (χ0) is 17.9. The van der Waals surface area contributed by atoms with Crippen LogP contribution in [0.15, 0.2) is 24.3 Å². The first-order valence-corrected chi connectivity index (χ1v) is 9.90. The van der Waals surface area contributed by atoms with Gasteiger partial charge in [0, 0.05) is 12.5 Å². The van der Waals surface area contributed by atoms with E-state index in [0.29, 0.717) is 17.7 Å². The fraction of sp³-hybridized carbons (Fsp3) is 0.619. The maximum atomic E-state index is 12.6. The number of hydrogen-bond donors (Lipinski definition) is 2. The molecule has 0 saturated heterocycles. The molecule has 2 rings (SSSR count). The number of hydrogen-bond acceptors (Lipinski definition) is 2. The summed E-state index contributed by atoms with van der Waals surface area (Å²) in [7, 11) is 0. The van der Waals surface area contributed by atoms with Crippen molar-refractivity contribution in [1.82, 2.24) is 5.32 Å². The monoisotopic (exact) mass is 344 g/mol. The molecule has 1 saturated carbocycles. The first-order valence-electron chi connectivity index (χ1n) is 9.90. The van der Waals surface area contributed by atoms with Gasteiger partial charge in [0.25, 0.3) is 5.91 Å². The van der Waals surface area contributed by atoms with Crippen LogP contribution >= 0.6 is 0 Å². The van der Waals surface area contributed by atoms with Crippen LogP contribution in [0.25, 0.3) is 0 Å². The summed E-state index contributed by atoms with van der Waals surface area (Å²) < 4.78 is 0. The fourth-order valence-electron chi connectivity index (χ4n) is 3.40. The van der Waals surface area contributed by atoms with E-state index < -0.39 is 0 Å². The van der Waals surface area contributed by atoms with Gasteiger partial charge in [-0.1, -0.05) is 64.0 Å². The van der Waals surface area contributed by atoms with Crippen LogP contribution in [0.2, 0.25) is 0 Å². The maximum Gasteiger partial charge on any atom is 0.253 e. The molecular formula is C21H32N2O2. The van der Waals surface area contributed by atoms with Crippen LogP contribution in [-0.2, 0) is 4.79 Å². The largest absolute Gasteiger partial charge is 0.349 e. The van der Waals surface area contributed by atoms with Crippen molar-refractivity contribution in [3.8, 4) is 0 Å². The van der Waals surface area contributed by atoms with Gasteiger partial charge in [0.05, 0.1) is 11.3 Å². The molecule has 1 aliphatic carbocycles. The third-order valence-corrected chi connectivity index (χ3v) is 4.89. The van der Waals surface area contributed by atoms with Gasteiger partial charge >= 0.3 is 0 Å². The van der Waals surface area contributed by atoms with Crippen LogP contribution in [0, 0.1) is 0 Å². The Morgan fingerprint density at radius 3 is 2.48 bits per heavy atom. The number of anilines is 1. The van der Waals surface area contributed by atoms with Gasteiger partial charge in [0.15, 0.2) is 0 Å². The lowest BCUT2D eigenvalue weighted by Crippen LogP contribution is -2.36. The molecule has 138 valence electrons. The van der Waals surface area contributed by atoms with Crippen LogP contribution < -0.4 is 10.6 Å². The maximum absolute atomic E-state index is 12.6. The zero-order valence-electron chi connectivity index (χ0n) is 15.5. The predicted octanol–water partition coefficient (Wildman–Crippen LogP) is 5.05. The number of benzene rings is 1. The minimum atomic E-state index is -0.0780. The highest BCUT2D eigenvalue weighted by Crippen LogP contribution is 2.20. The third kappa shape index (κ3) is 6.89. The van der Waals surface area contributed by atoms with Gasteiger partial charge in [-0.25, -0.2) is 0 Å². The van der Waals surface area contributed by atoms with Gasteiger partial charge in [-0.2, -0.15) is 0 Å². The van der Waals surface area contributed by atoms with Crippen molar-refractivity contribution >= 4 is 17.5 Å². The molecule has 1 aromatic carbocycles. The van der Waals surface area contributed by atoms with E-state index in [4.69, 9.17) is 0 Å². The van der Waals surface area contributed by atoms with Crippen molar-refractivity contribution in [1.29, 1.82) is 0 Å². The first-order chi connectivity index (χ1) is 12.2. The lowest BCUT2D eigenvalue weighted by atomic mass is 9.95. The number of rotatable bonds is 9. The van der Waals surface area contributed by atoms with Crippen molar-refractivity contribution in [2.75, 3.05) is 5.32 Å². The predicted molar refractivity (Wildman–Crippen MR) is 103 cm³/mol. The Balaban J connectivity index is 1.86. The molecule has 1 aliphatic rings. The molecule has 1 fully saturated rings. The summed E-state index contributed by atoms with van der Waals surface area (Å²) >= 11 is 0. The van der Waals surface area contributed by atoms with E-state index in [1.807, 2.05) is 18.2 Å². The molecule has 2 N–H and O–H groups in total. The van der Waals surface area contributed by atoms with Crippen LogP contribution in [0.3, 0.4) is 0 Å². The normalized spacial score (nSPS) is 14.9. The number of carbonyl (C=O) groups excluding carboxylic acids is 2. The Morgan fingerprint density at radius 2 is 1.72 bits per heavy atom. The van der Waals surface area contributed by atoms with Crippen LogP contribution in [-0.4, -0.2) is 17.9 Å². The van der Waals surface area contributed by atoms with Crippen molar-refractivity contribution in [2.24, 2.45) is 0 Å². The Morgan fingerprint density at radius 1 is 1.00 bits per heavy atom. The van der Waals surface area contributed by atoms with E-state index in [-0.39, 0.29) is 17.9 Å². The second kappa shape index (κ2) is 10.9. The minimum Gasteiger partial charge on any atom is -0.349 e. The van der Waals surface area contributed by atoms with Crippen molar-refractivity contribution < 1.29 is 9.59 Å². The number of nitrogens with one attached hydrogen (secondary N) is 2. The Bertz CT molecular complexity index is 551. The topological polar surface area (TPSA) is 58.2 Å². The Labute approximate surface area is 151 Å². The van der Waals surface area contributed by atoms with E-state index >= 15 is 0 Å². The highest BCUT2D eigenvalue weighted by atomic mass is 16.2. The molecule has 0 aliphatic heterocycles. The molecule has 0 atom stereocenters. The second-order valence-electron chi connectivity index (χ2n) is 7.07. The fourth-order valence-corrected chi connectivity index (χ4v) is 3.40. The standard InChI is InChI=1S/C21H32N2O2/c1-2-3-4-5-9-16-20(24)23-19-15-11-10-14-18(19)21(25)22-17-12-7-6-8-13-17/h10-11,14-15,17H,2-9,12-13,16H2,1H3,(H,22,25)(H,23,24). The van der Waals surface area contributed by atoms with E-state index in [1.165, 1.54) is 38.5 Å². The summed E-state index contributed by atoms with van der Waals surface area (Å²) in [5.41, 5.74) is 1.18. The van der Waals surface area contributed by atoms with Crippen molar-refractivity contribution in [2.45, 2.75) is 83.6 Å². The quantitative estimate of drug-likeness (QED) is 0.616. The third-order valence-electron chi connectivity index (χ3n) is 4.89. The van der Waals surface area contributed by atoms with Crippen LogP contribution in [0.5, 0.6) is 0 Å². The summed E-state index contributed by atoms with van der Waals surface area (Å²) in [5, 5.41) is 6.04. The molecule has 1 aromatic rings. The Hall–Kier alpha value is -1.84. The molecule has 0 aromatic heterocycles. The van der Waals surface area contributed by atoms with Crippen LogP contribution in [0.4, 0.5) is 5.69 Å². The summed E-state index contributed by atoms with van der Waals surface area (Å²) in [4.78, 5) is 24.8. The highest BCUT2D eigenvalue weighted by Gasteiger charge is 2.19. The molecule has 0 unspecified atom stereocenters. The molecule has 0 bridgehead atoms. The molecule has 2 amide bonds. The van der Waals surface area contributed by atoms with Gasteiger partial charge < -0.3 is 10.6 Å². The molecule has 4 nitrogen and oxygen atoms in total. The number of carbonyl (C=O) groups is 2. The summed E-state index contributed by atoms with van der Waals surface area (Å²) in [6.45, 7) is 2.18. The van der Waals surface area contributed by atoms with E-state index in [9.17, 15) is 9.59 Å². The number of unbranched alkanes of at least 4 members (excludes halogenated alkanes) is 4. The average Bonchev–Trinajstić information content (AvgIpc) is 2.63. The summed E-state index contributed by atoms with van der Waals surface area (Å²) in [5.74, 6) is -0.0832. The van der Waals surface area contributed by atoms with E-state index in [2.05, 4.69) is 17.6 Å². The van der Waals surface area contributed by atoms with Crippen molar-refractivity contribution in [3.63, 3.8) is 0 Å². The SMILES string of the molecule is CCCCCCCC(=O)Nc1ccccc1C(=O)NC1CCCCC1. The van der Waals surface area contributed by atoms with Crippen molar-refractivity contribution in [3.05, 3.63) is 29.8 Å². The molecule has 4 heteroatoms. The average molecular weight is 344 g/mol. The van der Waals surface area contributed by atoms with Gasteiger partial charge in [-0.3, -0.25) is 9.59 Å². The molecule has 0 spiro atoms. The Kier molecular flexibility index (Phi) is 8.50. The molecular weight excluding hydrogens is 312 g/mol. The smallest absolute Gasteiger partial charge is 0.253 e. The second-order valence-corrected chi connectivity index (χ2v) is 7.07. The molecule has 25 heavy (non-hydrogen) atoms. The lowest BCUT2D eigenvalue weighted by Gasteiger charge is -2.23. The minimum absolute atomic E-state index is 0.00517. The van der Waals surface area contributed by atoms with Crippen LogP contribution in [0.1, 0.15) is 87.9 Å². The first kappa shape index (κ1) is 19.5. The lowest BCUT2D eigenvalue weighted by molar-refractivity contribution is -0.116. The van der Waals surface area contributed by atoms with E-state index in [1.54, 1.807) is 6.07 Å². The van der Waals surface area contributed by atoms with Gasteiger partial charge in [-0.15, -0.1) is 0 Å². The van der Waals surface area contributed by atoms with Gasteiger partial charge in [0.2, 0.25) is 5.91 Å². The van der Waals surface area contributed by atoms with Gasteiger partial charge in [0.1, 0.15) is 0 Å². The zero-order valence-corrected chi connectivity index (χ0v) is 15.5.